The van der Waals surface area contributed by atoms with Gasteiger partial charge in [0.05, 0.1) is 0 Å². The van der Waals surface area contributed by atoms with Gasteiger partial charge in [-0.2, -0.15) is 12.2 Å². The molecule has 0 heterocycles. The summed E-state index contributed by atoms with van der Waals surface area (Å²) in [5.74, 6) is 0. The quantitative estimate of drug-likeness (QED) is 0.474. The Morgan fingerprint density at radius 2 is 1.33 bits per heavy atom. The Kier molecular flexibility index (Phi) is 25.1. The molecule has 0 saturated heterocycles. The van der Waals surface area contributed by atoms with Gasteiger partial charge < -0.3 is 35.0 Å². The molecule has 2 N–H and O–H groups in total. The summed E-state index contributed by atoms with van der Waals surface area (Å²) < 4.78 is 2.09. The van der Waals surface area contributed by atoms with E-state index in [1.807, 2.05) is 31.2 Å². The standard InChI is InChI=1S/2C7H9O.C2H4.2ClH.Zr/c2*8-6-5-7-3-1-2-4-7;1-2;;;/h2*1,3,8H,2,5-6H2;1H,2H3;2*1H;/q2*-1;;;;+2/p-2. The molecule has 0 aliphatic heterocycles. The molecule has 0 saturated carbocycles. The minimum absolute atomic E-state index is 0. The van der Waals surface area contributed by atoms with Gasteiger partial charge in [-0.05, 0) is 12.8 Å². The Balaban J connectivity index is -0.000000242. The summed E-state index contributed by atoms with van der Waals surface area (Å²) in [5.41, 5.74) is 2.29. The Morgan fingerprint density at radius 1 is 1.00 bits per heavy atom. The predicted octanol–water partition coefficient (Wildman–Crippen LogP) is -3.52. The Bertz CT molecular complexity index is 329. The zero-order valence-corrected chi connectivity index (χ0v) is 16.2. The van der Waals surface area contributed by atoms with Gasteiger partial charge in [0.15, 0.2) is 0 Å². The van der Waals surface area contributed by atoms with Gasteiger partial charge in [0.25, 0.3) is 0 Å². The number of halogens is 2. The van der Waals surface area contributed by atoms with Gasteiger partial charge in [0, 0.05) is 13.2 Å². The van der Waals surface area contributed by atoms with Crippen molar-refractivity contribution in [2.24, 2.45) is 0 Å². The molecule has 2 aliphatic carbocycles. The molecule has 5 heteroatoms. The van der Waals surface area contributed by atoms with Crippen LogP contribution in [0.1, 0.15) is 32.6 Å². The summed E-state index contributed by atoms with van der Waals surface area (Å²) in [6, 6.07) is 0. The number of hydrogen-bond acceptors (Lipinski definition) is 2. The van der Waals surface area contributed by atoms with E-state index in [4.69, 9.17) is 10.2 Å². The maximum absolute atomic E-state index is 8.43. The zero-order valence-electron chi connectivity index (χ0n) is 12.3. The van der Waals surface area contributed by atoms with E-state index in [0.29, 0.717) is 0 Å². The van der Waals surface area contributed by atoms with Crippen LogP contribution in [0, 0.1) is 12.2 Å². The van der Waals surface area contributed by atoms with E-state index in [0.717, 1.165) is 36.8 Å². The van der Waals surface area contributed by atoms with Gasteiger partial charge in [0.1, 0.15) is 0 Å². The van der Waals surface area contributed by atoms with E-state index in [1.165, 1.54) is 24.2 Å². The van der Waals surface area contributed by atoms with Gasteiger partial charge in [-0.1, -0.05) is 0 Å². The molecule has 0 bridgehead atoms. The minimum atomic E-state index is 0. The van der Waals surface area contributed by atoms with Crippen LogP contribution in [0.4, 0.5) is 0 Å². The average Bonchev–Trinajstić information content (AvgIpc) is 3.05. The van der Waals surface area contributed by atoms with Crippen LogP contribution in [0.2, 0.25) is 0 Å². The average molecular weight is 408 g/mol. The number of aliphatic hydroxyl groups is 2. The van der Waals surface area contributed by atoms with Crippen LogP contribution < -0.4 is 24.8 Å². The van der Waals surface area contributed by atoms with E-state index in [1.54, 1.807) is 0 Å². The molecule has 0 fully saturated rings. The first-order valence-corrected chi connectivity index (χ1v) is 7.89. The second kappa shape index (κ2) is 20.2. The third-order valence-electron chi connectivity index (χ3n) is 2.29. The SMILES string of the molecule is C[CH]=[Zr+2].OCCC1=[C-]CC=C1.OCCC1=[C-]CC=C1.[Cl-].[Cl-]. The molecule has 0 spiro atoms. The summed E-state index contributed by atoms with van der Waals surface area (Å²) in [7, 11) is 0. The van der Waals surface area contributed by atoms with Crippen molar-refractivity contribution in [3.63, 3.8) is 0 Å². The second-order valence-corrected chi connectivity index (χ2v) is 5.27. The van der Waals surface area contributed by atoms with Gasteiger partial charge in [-0.25, -0.2) is 23.3 Å². The molecule has 21 heavy (non-hydrogen) atoms. The first-order chi connectivity index (χ1) is 9.28. The number of allylic oxidation sites excluding steroid dienone is 6. The summed E-state index contributed by atoms with van der Waals surface area (Å²) in [4.78, 5) is 0. The molecule has 0 radical (unpaired) electrons. The molecule has 0 amide bonds. The molecule has 0 unspecified atom stereocenters. The van der Waals surface area contributed by atoms with Crippen LogP contribution in [-0.2, 0) is 24.2 Å². The van der Waals surface area contributed by atoms with Gasteiger partial charge in [0.2, 0.25) is 0 Å². The van der Waals surface area contributed by atoms with E-state index in [2.05, 4.69) is 15.9 Å². The van der Waals surface area contributed by atoms with Crippen LogP contribution in [0.15, 0.2) is 35.5 Å². The molecule has 2 nitrogen and oxygen atoms in total. The van der Waals surface area contributed by atoms with Gasteiger partial charge in [-0.15, -0.1) is 12.8 Å². The van der Waals surface area contributed by atoms with Crippen LogP contribution in [0.3, 0.4) is 0 Å². The summed E-state index contributed by atoms with van der Waals surface area (Å²) in [6.07, 6.45) is 17.7. The van der Waals surface area contributed by atoms with Crippen molar-refractivity contribution in [1.29, 1.82) is 0 Å². The first-order valence-electron chi connectivity index (χ1n) is 6.47. The fourth-order valence-electron chi connectivity index (χ4n) is 1.48. The van der Waals surface area contributed by atoms with Crippen molar-refractivity contribution in [2.45, 2.75) is 32.6 Å². The fraction of sp³-hybridized carbons (Fsp3) is 0.438. The van der Waals surface area contributed by atoms with Crippen molar-refractivity contribution in [1.82, 2.24) is 0 Å². The normalized spacial score (nSPS) is 13.6. The molecule has 118 valence electrons. The van der Waals surface area contributed by atoms with E-state index in [9.17, 15) is 0 Å². The molecule has 2 rings (SSSR count). The molecule has 0 aromatic heterocycles. The molecular weight excluding hydrogens is 386 g/mol. The summed E-state index contributed by atoms with van der Waals surface area (Å²) in [6.45, 7) is 2.53. The number of aliphatic hydroxyl groups excluding tert-OH is 2. The van der Waals surface area contributed by atoms with Gasteiger partial charge in [-0.3, -0.25) is 12.2 Å². The van der Waals surface area contributed by atoms with E-state index in [-0.39, 0.29) is 38.0 Å². The minimum Gasteiger partial charge on any atom is -1.00 e. The predicted molar refractivity (Wildman–Crippen MR) is 76.2 cm³/mol. The largest absolute Gasteiger partial charge is 1.00 e. The Morgan fingerprint density at radius 3 is 1.52 bits per heavy atom. The van der Waals surface area contributed by atoms with Crippen molar-refractivity contribution in [3.05, 3.63) is 47.6 Å². The molecule has 0 atom stereocenters. The van der Waals surface area contributed by atoms with Crippen LogP contribution in [0.25, 0.3) is 0 Å². The zero-order chi connectivity index (χ0) is 14.3. The van der Waals surface area contributed by atoms with Crippen molar-refractivity contribution in [3.8, 4) is 0 Å². The Hall–Kier alpha value is 0.213. The van der Waals surface area contributed by atoms with Crippen molar-refractivity contribution >= 4 is 3.71 Å². The van der Waals surface area contributed by atoms with E-state index < -0.39 is 0 Å². The fourth-order valence-corrected chi connectivity index (χ4v) is 1.48. The smallest absolute Gasteiger partial charge is 0.0442 e. The molecule has 2 aliphatic rings. The summed E-state index contributed by atoms with van der Waals surface area (Å²) >= 11 is 1.51. The van der Waals surface area contributed by atoms with E-state index >= 15 is 0 Å². The monoisotopic (exact) mass is 406 g/mol. The van der Waals surface area contributed by atoms with Crippen LogP contribution in [-0.4, -0.2) is 27.1 Å². The Labute approximate surface area is 155 Å². The molecule has 0 aromatic carbocycles. The topological polar surface area (TPSA) is 40.5 Å². The van der Waals surface area contributed by atoms with Crippen LogP contribution in [0.5, 0.6) is 0 Å². The second-order valence-electron chi connectivity index (χ2n) is 3.85. The van der Waals surface area contributed by atoms with Crippen molar-refractivity contribution in [2.75, 3.05) is 13.2 Å². The molecular formula is C16H22Cl2O2Zr-2. The van der Waals surface area contributed by atoms with Crippen molar-refractivity contribution < 1.29 is 59.3 Å². The summed E-state index contributed by atoms with van der Waals surface area (Å²) in [5, 5.41) is 16.9. The third kappa shape index (κ3) is 16.4. The third-order valence-corrected chi connectivity index (χ3v) is 2.29. The van der Waals surface area contributed by atoms with Crippen LogP contribution >= 0.6 is 0 Å². The van der Waals surface area contributed by atoms with Gasteiger partial charge >= 0.3 is 34.9 Å². The number of hydrogen-bond donors (Lipinski definition) is 2. The number of rotatable bonds is 4. The molecule has 0 aromatic rings. The first kappa shape index (κ1) is 26.1. The maximum Gasteiger partial charge on any atom is 0.0442 e. The maximum atomic E-state index is 8.43.